The van der Waals surface area contributed by atoms with Crippen molar-refractivity contribution in [2.75, 3.05) is 18.5 Å². The number of aryl methyl sites for hydroxylation is 1. The minimum atomic E-state index is -1.14. The third-order valence-corrected chi connectivity index (χ3v) is 4.05. The van der Waals surface area contributed by atoms with E-state index in [2.05, 4.69) is 15.6 Å². The fourth-order valence-electron chi connectivity index (χ4n) is 2.03. The Balaban J connectivity index is 1.97. The van der Waals surface area contributed by atoms with E-state index in [1.165, 1.54) is 11.3 Å². The molecule has 0 aliphatic heterocycles. The number of amides is 1. The van der Waals surface area contributed by atoms with Crippen LogP contribution in [0.25, 0.3) is 11.3 Å². The van der Waals surface area contributed by atoms with Crippen molar-refractivity contribution >= 4 is 28.3 Å². The number of aromatic nitrogens is 1. The molecule has 0 fully saturated rings. The van der Waals surface area contributed by atoms with Crippen LogP contribution in [0.2, 0.25) is 0 Å². The molecule has 1 unspecified atom stereocenters. The number of benzene rings is 1. The van der Waals surface area contributed by atoms with Gasteiger partial charge in [-0.1, -0.05) is 29.8 Å². The van der Waals surface area contributed by atoms with Crippen molar-refractivity contribution in [1.29, 1.82) is 0 Å². The number of thiazole rings is 1. The first kappa shape index (κ1) is 18.1. The summed E-state index contributed by atoms with van der Waals surface area (Å²) in [4.78, 5) is 27.4. The van der Waals surface area contributed by atoms with Crippen molar-refractivity contribution in [2.45, 2.75) is 19.4 Å². The van der Waals surface area contributed by atoms with Gasteiger partial charge in [-0.25, -0.2) is 4.98 Å². The van der Waals surface area contributed by atoms with Crippen LogP contribution in [0, 0.1) is 6.92 Å². The molecule has 2 rings (SSSR count). The number of carbonyl (C=O) groups excluding carboxylic acids is 1. The Kier molecular flexibility index (Phi) is 6.42. The fraction of sp³-hybridized carbons (Fsp3) is 0.312. The molecule has 1 aromatic heterocycles. The van der Waals surface area contributed by atoms with E-state index in [4.69, 9.17) is 10.2 Å². The maximum atomic E-state index is 12.0. The average molecular weight is 349 g/mol. The summed E-state index contributed by atoms with van der Waals surface area (Å²) in [6, 6.07) is 6.83. The highest BCUT2D eigenvalue weighted by Crippen LogP contribution is 2.25. The van der Waals surface area contributed by atoms with E-state index in [0.29, 0.717) is 5.13 Å². The van der Waals surface area contributed by atoms with Crippen LogP contribution in [0.15, 0.2) is 29.6 Å². The SMILES string of the molecule is Cc1ccc(-c2csc(NC(=O)CC(NCCO)C(=O)O)n2)cc1. The third kappa shape index (κ3) is 5.12. The van der Waals surface area contributed by atoms with E-state index >= 15 is 0 Å². The lowest BCUT2D eigenvalue weighted by Gasteiger charge is -2.12. The Labute approximate surface area is 143 Å². The standard InChI is InChI=1S/C16H19N3O4S/c1-10-2-4-11(5-3-10)13-9-24-16(18-13)19-14(21)8-12(15(22)23)17-6-7-20/h2-5,9,12,17,20H,6-8H2,1H3,(H,22,23)(H,18,19,21). The monoisotopic (exact) mass is 349 g/mol. The molecule has 0 aliphatic rings. The number of anilines is 1. The van der Waals surface area contributed by atoms with Crippen LogP contribution in [-0.2, 0) is 9.59 Å². The van der Waals surface area contributed by atoms with Gasteiger partial charge in [0.2, 0.25) is 5.91 Å². The highest BCUT2D eigenvalue weighted by molar-refractivity contribution is 7.14. The molecule has 0 bridgehead atoms. The molecule has 8 heteroatoms. The zero-order valence-electron chi connectivity index (χ0n) is 13.2. The van der Waals surface area contributed by atoms with Gasteiger partial charge in [0.1, 0.15) is 6.04 Å². The number of rotatable bonds is 8. The molecule has 4 N–H and O–H groups in total. The Hall–Kier alpha value is -2.29. The van der Waals surface area contributed by atoms with E-state index < -0.39 is 17.9 Å². The van der Waals surface area contributed by atoms with E-state index in [1.54, 1.807) is 0 Å². The molecule has 1 heterocycles. The largest absolute Gasteiger partial charge is 0.480 e. The van der Waals surface area contributed by atoms with Crippen LogP contribution in [-0.4, -0.2) is 46.3 Å². The van der Waals surface area contributed by atoms with Crippen molar-refractivity contribution in [1.82, 2.24) is 10.3 Å². The molecule has 7 nitrogen and oxygen atoms in total. The van der Waals surface area contributed by atoms with Gasteiger partial charge in [-0.3, -0.25) is 9.59 Å². The lowest BCUT2D eigenvalue weighted by Crippen LogP contribution is -2.41. The lowest BCUT2D eigenvalue weighted by molar-refractivity contribution is -0.141. The fourth-order valence-corrected chi connectivity index (χ4v) is 2.77. The number of aliphatic hydroxyl groups excluding tert-OH is 1. The summed E-state index contributed by atoms with van der Waals surface area (Å²) in [5.74, 6) is -1.59. The zero-order valence-corrected chi connectivity index (χ0v) is 14.0. The van der Waals surface area contributed by atoms with Gasteiger partial charge in [-0.2, -0.15) is 0 Å². The predicted molar refractivity (Wildman–Crippen MR) is 92.0 cm³/mol. The molecule has 0 spiro atoms. The Morgan fingerprint density at radius 2 is 2.00 bits per heavy atom. The number of aliphatic carboxylic acids is 1. The molecule has 1 atom stereocenters. The molecule has 2 aromatic rings. The van der Waals surface area contributed by atoms with Crippen LogP contribution >= 0.6 is 11.3 Å². The van der Waals surface area contributed by atoms with Crippen LogP contribution in [0.1, 0.15) is 12.0 Å². The topological polar surface area (TPSA) is 112 Å². The molecule has 0 saturated carbocycles. The molecular formula is C16H19N3O4S. The summed E-state index contributed by atoms with van der Waals surface area (Å²) in [5, 5.41) is 25.2. The molecule has 1 aromatic carbocycles. The maximum absolute atomic E-state index is 12.0. The minimum absolute atomic E-state index is 0.110. The van der Waals surface area contributed by atoms with Gasteiger partial charge in [0.25, 0.3) is 0 Å². The van der Waals surface area contributed by atoms with Crippen LogP contribution in [0.5, 0.6) is 0 Å². The second-order valence-corrected chi connectivity index (χ2v) is 6.08. The summed E-state index contributed by atoms with van der Waals surface area (Å²) in [7, 11) is 0. The Morgan fingerprint density at radius 3 is 2.62 bits per heavy atom. The molecule has 24 heavy (non-hydrogen) atoms. The lowest BCUT2D eigenvalue weighted by atomic mass is 10.1. The van der Waals surface area contributed by atoms with Crippen molar-refractivity contribution in [3.05, 3.63) is 35.2 Å². The average Bonchev–Trinajstić information content (AvgIpc) is 3.00. The number of carbonyl (C=O) groups is 2. The van der Waals surface area contributed by atoms with Crippen LogP contribution in [0.4, 0.5) is 5.13 Å². The summed E-state index contributed by atoms with van der Waals surface area (Å²) < 4.78 is 0. The number of nitrogens with zero attached hydrogens (tertiary/aromatic N) is 1. The van der Waals surface area contributed by atoms with Crippen molar-refractivity contribution < 1.29 is 19.8 Å². The van der Waals surface area contributed by atoms with Gasteiger partial charge in [0, 0.05) is 17.5 Å². The first-order chi connectivity index (χ1) is 11.5. The minimum Gasteiger partial charge on any atom is -0.480 e. The van der Waals surface area contributed by atoms with Crippen molar-refractivity contribution in [3.8, 4) is 11.3 Å². The number of hydrogen-bond donors (Lipinski definition) is 4. The molecule has 0 radical (unpaired) electrons. The van der Waals surface area contributed by atoms with Gasteiger partial charge >= 0.3 is 5.97 Å². The summed E-state index contributed by atoms with van der Waals surface area (Å²) in [6.07, 6.45) is -0.241. The van der Waals surface area contributed by atoms with Gasteiger partial charge in [0.15, 0.2) is 5.13 Å². The number of carboxylic acid groups (broad SMARTS) is 1. The Morgan fingerprint density at radius 1 is 1.29 bits per heavy atom. The number of nitrogens with one attached hydrogen (secondary N) is 2. The Bertz CT molecular complexity index is 700. The highest BCUT2D eigenvalue weighted by Gasteiger charge is 2.21. The molecule has 1 amide bonds. The zero-order chi connectivity index (χ0) is 17.5. The van der Waals surface area contributed by atoms with Gasteiger partial charge in [0.05, 0.1) is 18.7 Å². The van der Waals surface area contributed by atoms with Crippen LogP contribution < -0.4 is 10.6 Å². The second-order valence-electron chi connectivity index (χ2n) is 5.22. The van der Waals surface area contributed by atoms with Gasteiger partial charge < -0.3 is 20.8 Å². The smallest absolute Gasteiger partial charge is 0.321 e. The van der Waals surface area contributed by atoms with Gasteiger partial charge in [-0.15, -0.1) is 11.3 Å². The number of carboxylic acids is 1. The first-order valence-corrected chi connectivity index (χ1v) is 8.27. The summed E-state index contributed by atoms with van der Waals surface area (Å²) >= 11 is 1.28. The van der Waals surface area contributed by atoms with E-state index in [9.17, 15) is 9.59 Å². The molecular weight excluding hydrogens is 330 g/mol. The quantitative estimate of drug-likeness (QED) is 0.574. The third-order valence-electron chi connectivity index (χ3n) is 3.29. The number of aliphatic hydroxyl groups is 1. The molecule has 0 saturated heterocycles. The van der Waals surface area contributed by atoms with Gasteiger partial charge in [-0.05, 0) is 6.92 Å². The van der Waals surface area contributed by atoms with E-state index in [0.717, 1.165) is 16.8 Å². The van der Waals surface area contributed by atoms with Crippen molar-refractivity contribution in [2.24, 2.45) is 0 Å². The summed E-state index contributed by atoms with van der Waals surface area (Å²) in [6.45, 7) is 1.91. The van der Waals surface area contributed by atoms with E-state index in [-0.39, 0.29) is 19.6 Å². The normalized spacial score (nSPS) is 11.9. The van der Waals surface area contributed by atoms with E-state index in [1.807, 2.05) is 36.6 Å². The van der Waals surface area contributed by atoms with Crippen LogP contribution in [0.3, 0.4) is 0 Å². The highest BCUT2D eigenvalue weighted by atomic mass is 32.1. The molecule has 0 aliphatic carbocycles. The first-order valence-electron chi connectivity index (χ1n) is 7.39. The maximum Gasteiger partial charge on any atom is 0.321 e. The number of hydrogen-bond acceptors (Lipinski definition) is 6. The molecule has 128 valence electrons. The summed E-state index contributed by atoms with van der Waals surface area (Å²) in [5.41, 5.74) is 2.85. The second kappa shape index (κ2) is 8.53. The van der Waals surface area contributed by atoms with Crippen molar-refractivity contribution in [3.63, 3.8) is 0 Å². The predicted octanol–water partition coefficient (Wildman–Crippen LogP) is 1.48.